The van der Waals surface area contributed by atoms with Crippen molar-refractivity contribution in [1.29, 1.82) is 0 Å². The zero-order chi connectivity index (χ0) is 27.2. The summed E-state index contributed by atoms with van der Waals surface area (Å²) in [5.41, 5.74) is 6.73. The van der Waals surface area contributed by atoms with Crippen LogP contribution in [0, 0.1) is 0 Å². The topological polar surface area (TPSA) is 210 Å². The Labute approximate surface area is 215 Å². The zero-order valence-electron chi connectivity index (χ0n) is 21.3. The molecule has 0 radical (unpaired) electrons. The molecule has 3 heterocycles. The highest BCUT2D eigenvalue weighted by molar-refractivity contribution is 7.88. The molecule has 0 aliphatic carbocycles. The number of aliphatic hydroxyl groups excluding tert-OH is 2. The number of fused-ring (bicyclic) bond motifs is 1. The number of nitrogens with one attached hydrogen (secondary N) is 3. The lowest BCUT2D eigenvalue weighted by Gasteiger charge is -2.19. The molecule has 0 bridgehead atoms. The number of rotatable bonds is 14. The molecule has 0 aromatic carbocycles. The van der Waals surface area contributed by atoms with E-state index in [4.69, 9.17) is 10.5 Å². The molecule has 1 aliphatic heterocycles. The maximum absolute atomic E-state index is 12.0. The molecule has 2 aromatic heterocycles. The molecule has 1 unspecified atom stereocenters. The molecular formula is C21H37N9O6S. The lowest BCUT2D eigenvalue weighted by molar-refractivity contribution is -0.121. The third-order valence-electron chi connectivity index (χ3n) is 5.78. The smallest absolute Gasteiger partial charge is 0.226 e. The molecule has 1 saturated heterocycles. The normalized spacial score (nSPS) is 22.1. The van der Waals surface area contributed by atoms with Gasteiger partial charge in [-0.25, -0.2) is 18.1 Å². The average molecular weight is 544 g/mol. The number of carbonyl (C=O) groups excluding carboxylic acids is 1. The van der Waals surface area contributed by atoms with Crippen molar-refractivity contribution in [1.82, 2.24) is 34.5 Å². The van der Waals surface area contributed by atoms with Crippen LogP contribution >= 0.6 is 0 Å². The number of nitrogen functional groups attached to an aromatic ring is 1. The van der Waals surface area contributed by atoms with Crippen molar-refractivity contribution in [2.75, 3.05) is 57.6 Å². The number of ether oxygens (including phenoxy) is 1. The van der Waals surface area contributed by atoms with Crippen LogP contribution in [0.2, 0.25) is 0 Å². The van der Waals surface area contributed by atoms with E-state index in [2.05, 4.69) is 30.3 Å². The van der Waals surface area contributed by atoms with E-state index in [1.165, 1.54) is 10.9 Å². The minimum absolute atomic E-state index is 0.106. The molecule has 4 atom stereocenters. The van der Waals surface area contributed by atoms with Gasteiger partial charge in [0, 0.05) is 32.6 Å². The lowest BCUT2D eigenvalue weighted by atomic mass is 10.1. The van der Waals surface area contributed by atoms with Gasteiger partial charge in [0.2, 0.25) is 21.9 Å². The van der Waals surface area contributed by atoms with Gasteiger partial charge in [0.15, 0.2) is 17.7 Å². The Hall–Kier alpha value is -2.63. The van der Waals surface area contributed by atoms with Crippen LogP contribution in [0.15, 0.2) is 6.33 Å². The Morgan fingerprint density at radius 3 is 2.62 bits per heavy atom. The molecule has 16 heteroatoms. The standard InChI is InChI=1S/C21H37N9O6S/c1-29(2)11-13-16(32)17(33)20(36-13)30-12-25-15-18(22)27-21(28-19(15)30)24-10-9-23-14(31)7-5-4-6-8-26-37(3,34)35/h12-13,16-17,20,26,32-33H,4-11H2,1-3H3,(H,23,31)(H3,22,24,27,28)/t13-,16-,17-,20?/m1/s1. The van der Waals surface area contributed by atoms with Gasteiger partial charge in [-0.1, -0.05) is 6.42 Å². The highest BCUT2D eigenvalue weighted by Crippen LogP contribution is 2.32. The molecule has 0 spiro atoms. The van der Waals surface area contributed by atoms with Gasteiger partial charge in [-0.05, 0) is 26.9 Å². The molecule has 1 aliphatic rings. The Morgan fingerprint density at radius 1 is 1.16 bits per heavy atom. The third-order valence-corrected chi connectivity index (χ3v) is 6.51. The first-order valence-corrected chi connectivity index (χ1v) is 14.0. The first-order valence-electron chi connectivity index (χ1n) is 12.1. The number of hydrogen-bond acceptors (Lipinski definition) is 12. The van der Waals surface area contributed by atoms with Gasteiger partial charge in [0.05, 0.1) is 12.6 Å². The predicted octanol–water partition coefficient (Wildman–Crippen LogP) is -1.77. The lowest BCUT2D eigenvalue weighted by Crippen LogP contribution is -2.37. The van der Waals surface area contributed by atoms with Crippen LogP contribution in [0.4, 0.5) is 11.8 Å². The second-order valence-corrected chi connectivity index (χ2v) is 11.2. The molecule has 37 heavy (non-hydrogen) atoms. The van der Waals surface area contributed by atoms with Crippen LogP contribution < -0.4 is 21.1 Å². The monoisotopic (exact) mass is 543 g/mol. The van der Waals surface area contributed by atoms with E-state index >= 15 is 0 Å². The molecule has 2 aromatic rings. The van der Waals surface area contributed by atoms with Gasteiger partial charge < -0.3 is 36.2 Å². The van der Waals surface area contributed by atoms with E-state index in [9.17, 15) is 23.4 Å². The SMILES string of the molecule is CN(C)C[C@H]1OC(n2cnc3c(N)nc(NCCNC(=O)CCCCCNS(C)(=O)=O)nc32)[C@H](O)[C@@H]1O. The van der Waals surface area contributed by atoms with Crippen LogP contribution in [0.1, 0.15) is 31.9 Å². The van der Waals surface area contributed by atoms with E-state index in [0.29, 0.717) is 56.6 Å². The first kappa shape index (κ1) is 28.9. The maximum atomic E-state index is 12.0. The summed E-state index contributed by atoms with van der Waals surface area (Å²) in [7, 11) is 0.510. The third kappa shape index (κ3) is 8.18. The molecule has 0 saturated carbocycles. The number of hydrogen-bond donors (Lipinski definition) is 6. The molecule has 15 nitrogen and oxygen atoms in total. The summed E-state index contributed by atoms with van der Waals surface area (Å²) in [6, 6.07) is 0. The van der Waals surface area contributed by atoms with Crippen molar-refractivity contribution in [2.24, 2.45) is 0 Å². The molecular weight excluding hydrogens is 506 g/mol. The van der Waals surface area contributed by atoms with Crippen LogP contribution in [0.3, 0.4) is 0 Å². The fraction of sp³-hybridized carbons (Fsp3) is 0.714. The second-order valence-electron chi connectivity index (χ2n) is 9.32. The Balaban J connectivity index is 1.49. The minimum atomic E-state index is -3.18. The summed E-state index contributed by atoms with van der Waals surface area (Å²) >= 11 is 0. The highest BCUT2D eigenvalue weighted by Gasteiger charge is 2.44. The fourth-order valence-corrected chi connectivity index (χ4v) is 4.50. The fourth-order valence-electron chi connectivity index (χ4n) is 3.98. The van der Waals surface area contributed by atoms with Gasteiger partial charge in [0.25, 0.3) is 0 Å². The number of aliphatic hydroxyl groups is 2. The van der Waals surface area contributed by atoms with Crippen molar-refractivity contribution >= 4 is 38.9 Å². The van der Waals surface area contributed by atoms with Crippen LogP contribution in [-0.4, -0.2) is 114 Å². The summed E-state index contributed by atoms with van der Waals surface area (Å²) < 4.78 is 31.9. The molecule has 3 rings (SSSR count). The number of aromatic nitrogens is 4. The molecule has 1 fully saturated rings. The largest absolute Gasteiger partial charge is 0.387 e. The Morgan fingerprint density at radius 2 is 1.92 bits per heavy atom. The van der Waals surface area contributed by atoms with Gasteiger partial charge >= 0.3 is 0 Å². The van der Waals surface area contributed by atoms with Gasteiger partial charge in [-0.3, -0.25) is 9.36 Å². The number of unbranched alkanes of at least 4 members (excludes halogenated alkanes) is 2. The highest BCUT2D eigenvalue weighted by atomic mass is 32.2. The summed E-state index contributed by atoms with van der Waals surface area (Å²) in [4.78, 5) is 26.8. The number of nitrogens with two attached hydrogens (primary N) is 1. The van der Waals surface area contributed by atoms with E-state index in [1.807, 2.05) is 19.0 Å². The Bertz CT molecular complexity index is 1160. The van der Waals surface area contributed by atoms with E-state index in [1.54, 1.807) is 0 Å². The van der Waals surface area contributed by atoms with Crippen molar-refractivity contribution < 1.29 is 28.2 Å². The van der Waals surface area contributed by atoms with Gasteiger partial charge in [0.1, 0.15) is 23.8 Å². The summed E-state index contributed by atoms with van der Waals surface area (Å²) in [5, 5.41) is 26.8. The Kier molecular flexibility index (Phi) is 9.97. The molecule has 1 amide bonds. The van der Waals surface area contributed by atoms with E-state index in [0.717, 1.165) is 12.7 Å². The number of amides is 1. The summed E-state index contributed by atoms with van der Waals surface area (Å²) in [6.07, 6.45) is 1.22. The van der Waals surface area contributed by atoms with E-state index in [-0.39, 0.29) is 17.7 Å². The molecule has 7 N–H and O–H groups in total. The first-order chi connectivity index (χ1) is 17.5. The maximum Gasteiger partial charge on any atom is 0.226 e. The predicted molar refractivity (Wildman–Crippen MR) is 137 cm³/mol. The summed E-state index contributed by atoms with van der Waals surface area (Å²) in [5.74, 6) is 0.251. The van der Waals surface area contributed by atoms with Crippen LogP contribution in [-0.2, 0) is 19.6 Å². The van der Waals surface area contributed by atoms with Crippen molar-refractivity contribution in [3.8, 4) is 0 Å². The van der Waals surface area contributed by atoms with Gasteiger partial charge in [-0.2, -0.15) is 9.97 Å². The van der Waals surface area contributed by atoms with Crippen LogP contribution in [0.5, 0.6) is 0 Å². The number of carbonyl (C=O) groups is 1. The quantitative estimate of drug-likeness (QED) is 0.146. The van der Waals surface area contributed by atoms with E-state index < -0.39 is 34.6 Å². The number of anilines is 2. The van der Waals surface area contributed by atoms with Crippen molar-refractivity contribution in [2.45, 2.75) is 50.2 Å². The number of likely N-dealkylation sites (N-methyl/N-ethyl adjacent to an activating group) is 1. The minimum Gasteiger partial charge on any atom is -0.387 e. The number of nitrogens with zero attached hydrogens (tertiary/aromatic N) is 5. The zero-order valence-corrected chi connectivity index (χ0v) is 22.1. The average Bonchev–Trinajstić information content (AvgIpc) is 3.34. The van der Waals surface area contributed by atoms with Crippen molar-refractivity contribution in [3.63, 3.8) is 0 Å². The second kappa shape index (κ2) is 12.7. The van der Waals surface area contributed by atoms with Crippen molar-refractivity contribution in [3.05, 3.63) is 6.33 Å². The number of imidazole rings is 1. The molecule has 208 valence electrons. The van der Waals surface area contributed by atoms with Crippen LogP contribution in [0.25, 0.3) is 11.2 Å². The summed E-state index contributed by atoms with van der Waals surface area (Å²) in [6.45, 7) is 1.46. The number of sulfonamides is 1. The van der Waals surface area contributed by atoms with Gasteiger partial charge in [-0.15, -0.1) is 0 Å².